The van der Waals surface area contributed by atoms with Crippen LogP contribution in [0.15, 0.2) is 53.3 Å². The number of amides is 1. The second-order valence-electron chi connectivity index (χ2n) is 7.29. The fourth-order valence-corrected chi connectivity index (χ4v) is 3.74. The lowest BCUT2D eigenvalue weighted by atomic mass is 10.1. The van der Waals surface area contributed by atoms with Gasteiger partial charge in [0, 0.05) is 28.8 Å². The molecule has 0 spiro atoms. The molecule has 1 aliphatic rings. The van der Waals surface area contributed by atoms with Crippen LogP contribution in [-0.4, -0.2) is 30.7 Å². The van der Waals surface area contributed by atoms with Gasteiger partial charge in [-0.15, -0.1) is 0 Å². The van der Waals surface area contributed by atoms with Crippen molar-refractivity contribution in [1.82, 2.24) is 4.98 Å². The quantitative estimate of drug-likeness (QED) is 0.721. The molecular formula is C23H24N2O4. The molecule has 3 aromatic rings. The summed E-state index contributed by atoms with van der Waals surface area (Å²) in [5.41, 5.74) is 2.80. The fourth-order valence-electron chi connectivity index (χ4n) is 3.74. The van der Waals surface area contributed by atoms with Crippen LogP contribution in [0.5, 0.6) is 5.75 Å². The van der Waals surface area contributed by atoms with Crippen LogP contribution < -0.4 is 15.2 Å². The van der Waals surface area contributed by atoms with Gasteiger partial charge < -0.3 is 19.4 Å². The number of para-hydroxylation sites is 1. The van der Waals surface area contributed by atoms with Crippen LogP contribution in [0.4, 0.5) is 5.69 Å². The van der Waals surface area contributed by atoms with E-state index < -0.39 is 6.10 Å². The Labute approximate surface area is 169 Å². The zero-order chi connectivity index (χ0) is 20.4. The Balaban J connectivity index is 1.75. The number of aromatic amines is 1. The highest BCUT2D eigenvalue weighted by molar-refractivity contribution is 5.97. The summed E-state index contributed by atoms with van der Waals surface area (Å²) in [6.45, 7) is 2.72. The van der Waals surface area contributed by atoms with E-state index in [4.69, 9.17) is 9.47 Å². The van der Waals surface area contributed by atoms with E-state index in [1.807, 2.05) is 49.4 Å². The van der Waals surface area contributed by atoms with E-state index in [9.17, 15) is 9.59 Å². The standard InChI is InChI=1S/C23H24N2O4/c1-15-6-3-4-7-20(15)25(23(27)21-8-5-11-29-21)14-17-12-16-13-18(28-2)9-10-19(16)24-22(17)26/h3-4,6-7,9-10,12-13,21H,5,8,11,14H2,1-2H3,(H,24,26)/t21-/m1/s1. The first-order chi connectivity index (χ1) is 14.1. The van der Waals surface area contributed by atoms with Crippen molar-refractivity contribution in [2.24, 2.45) is 0 Å². The molecule has 0 saturated carbocycles. The van der Waals surface area contributed by atoms with Gasteiger partial charge in [0.05, 0.1) is 13.7 Å². The number of nitrogens with one attached hydrogen (secondary N) is 1. The lowest BCUT2D eigenvalue weighted by molar-refractivity contribution is -0.127. The predicted molar refractivity (Wildman–Crippen MR) is 112 cm³/mol. The van der Waals surface area contributed by atoms with E-state index in [0.717, 1.165) is 28.6 Å². The summed E-state index contributed by atoms with van der Waals surface area (Å²) >= 11 is 0. The van der Waals surface area contributed by atoms with E-state index in [1.165, 1.54) is 0 Å². The molecule has 1 aliphatic heterocycles. The number of pyridine rings is 1. The molecule has 1 amide bonds. The van der Waals surface area contributed by atoms with Gasteiger partial charge in [-0.3, -0.25) is 9.59 Å². The Kier molecular flexibility index (Phi) is 5.36. The highest BCUT2D eigenvalue weighted by Crippen LogP contribution is 2.26. The summed E-state index contributed by atoms with van der Waals surface area (Å²) in [5, 5.41) is 0.855. The number of rotatable bonds is 5. The topological polar surface area (TPSA) is 71.6 Å². The number of anilines is 1. The number of H-pyrrole nitrogens is 1. The molecule has 0 unspecified atom stereocenters. The number of carbonyl (C=O) groups is 1. The van der Waals surface area contributed by atoms with Gasteiger partial charge in [0.25, 0.3) is 11.5 Å². The van der Waals surface area contributed by atoms with E-state index in [-0.39, 0.29) is 18.0 Å². The zero-order valence-corrected chi connectivity index (χ0v) is 16.6. The predicted octanol–water partition coefficient (Wildman–Crippen LogP) is 3.56. The third-order valence-corrected chi connectivity index (χ3v) is 5.33. The van der Waals surface area contributed by atoms with Crippen molar-refractivity contribution < 1.29 is 14.3 Å². The minimum Gasteiger partial charge on any atom is -0.497 e. The van der Waals surface area contributed by atoms with Crippen LogP contribution in [0.2, 0.25) is 0 Å². The molecule has 1 fully saturated rings. The van der Waals surface area contributed by atoms with Crippen LogP contribution >= 0.6 is 0 Å². The first-order valence-electron chi connectivity index (χ1n) is 9.75. The SMILES string of the molecule is COc1ccc2[nH]c(=O)c(CN(C(=O)[C@H]3CCCO3)c3ccccc3C)cc2c1. The molecule has 0 aliphatic carbocycles. The molecule has 6 heteroatoms. The minimum absolute atomic E-state index is 0.109. The molecule has 6 nitrogen and oxygen atoms in total. The van der Waals surface area contributed by atoms with Crippen LogP contribution in [0.25, 0.3) is 10.9 Å². The van der Waals surface area contributed by atoms with Crippen LogP contribution in [0.3, 0.4) is 0 Å². The lowest BCUT2D eigenvalue weighted by Gasteiger charge is -2.27. The minimum atomic E-state index is -0.464. The third kappa shape index (κ3) is 3.89. The number of fused-ring (bicyclic) bond motifs is 1. The summed E-state index contributed by atoms with van der Waals surface area (Å²) in [4.78, 5) is 30.6. The normalized spacial score (nSPS) is 16.1. The summed E-state index contributed by atoms with van der Waals surface area (Å²) in [6, 6.07) is 15.0. The van der Waals surface area contributed by atoms with Gasteiger partial charge in [-0.2, -0.15) is 0 Å². The Morgan fingerprint density at radius 2 is 2.07 bits per heavy atom. The molecule has 4 rings (SSSR count). The molecule has 2 heterocycles. The maximum Gasteiger partial charge on any atom is 0.256 e. The van der Waals surface area contributed by atoms with E-state index in [2.05, 4.69) is 4.98 Å². The molecule has 0 bridgehead atoms. The molecule has 1 saturated heterocycles. The Hall–Kier alpha value is -3.12. The smallest absolute Gasteiger partial charge is 0.256 e. The molecule has 150 valence electrons. The van der Waals surface area contributed by atoms with Crippen LogP contribution in [0.1, 0.15) is 24.0 Å². The number of hydrogen-bond donors (Lipinski definition) is 1. The Morgan fingerprint density at radius 3 is 2.79 bits per heavy atom. The average Bonchev–Trinajstić information content (AvgIpc) is 3.27. The van der Waals surface area contributed by atoms with Crippen LogP contribution in [0, 0.1) is 6.92 Å². The maximum absolute atomic E-state index is 13.2. The second-order valence-corrected chi connectivity index (χ2v) is 7.29. The summed E-state index contributed by atoms with van der Waals surface area (Å²) in [5.74, 6) is 0.601. The Morgan fingerprint density at radius 1 is 1.24 bits per heavy atom. The summed E-state index contributed by atoms with van der Waals surface area (Å²) < 4.78 is 10.9. The highest BCUT2D eigenvalue weighted by Gasteiger charge is 2.30. The van der Waals surface area contributed by atoms with Gasteiger partial charge in [0.1, 0.15) is 11.9 Å². The summed E-state index contributed by atoms with van der Waals surface area (Å²) in [6.07, 6.45) is 1.11. The molecule has 1 atom stereocenters. The first-order valence-corrected chi connectivity index (χ1v) is 9.75. The van der Waals surface area contributed by atoms with Crippen LogP contribution in [-0.2, 0) is 16.1 Å². The van der Waals surface area contributed by atoms with Crippen molar-refractivity contribution in [3.05, 3.63) is 70.0 Å². The van der Waals surface area contributed by atoms with E-state index in [1.54, 1.807) is 18.1 Å². The number of benzene rings is 2. The Bertz CT molecular complexity index is 1100. The van der Waals surface area contributed by atoms with Crippen molar-refractivity contribution in [3.8, 4) is 5.75 Å². The van der Waals surface area contributed by atoms with Crippen molar-refractivity contribution in [2.45, 2.75) is 32.4 Å². The first kappa shape index (κ1) is 19.2. The number of aryl methyl sites for hydroxylation is 1. The number of hydrogen-bond acceptors (Lipinski definition) is 4. The van der Waals surface area contributed by atoms with Crippen molar-refractivity contribution in [2.75, 3.05) is 18.6 Å². The third-order valence-electron chi connectivity index (χ3n) is 5.33. The van der Waals surface area contributed by atoms with E-state index >= 15 is 0 Å². The number of nitrogens with zero attached hydrogens (tertiary/aromatic N) is 1. The number of aromatic nitrogens is 1. The van der Waals surface area contributed by atoms with Gasteiger partial charge in [-0.05, 0) is 55.7 Å². The molecule has 1 aromatic heterocycles. The van der Waals surface area contributed by atoms with Gasteiger partial charge in [-0.25, -0.2) is 0 Å². The fraction of sp³-hybridized carbons (Fsp3) is 0.304. The molecule has 2 aromatic carbocycles. The number of carbonyl (C=O) groups excluding carboxylic acids is 1. The summed E-state index contributed by atoms with van der Waals surface area (Å²) in [7, 11) is 1.61. The van der Waals surface area contributed by atoms with E-state index in [0.29, 0.717) is 24.3 Å². The van der Waals surface area contributed by atoms with Crippen molar-refractivity contribution in [1.29, 1.82) is 0 Å². The van der Waals surface area contributed by atoms with Crippen molar-refractivity contribution >= 4 is 22.5 Å². The second kappa shape index (κ2) is 8.09. The molecule has 0 radical (unpaired) electrons. The van der Waals surface area contributed by atoms with Gasteiger partial charge in [0.2, 0.25) is 0 Å². The van der Waals surface area contributed by atoms with Crippen molar-refractivity contribution in [3.63, 3.8) is 0 Å². The number of methoxy groups -OCH3 is 1. The molecular weight excluding hydrogens is 368 g/mol. The average molecular weight is 392 g/mol. The maximum atomic E-state index is 13.2. The molecule has 1 N–H and O–H groups in total. The largest absolute Gasteiger partial charge is 0.497 e. The lowest BCUT2D eigenvalue weighted by Crippen LogP contribution is -2.40. The van der Waals surface area contributed by atoms with Gasteiger partial charge in [-0.1, -0.05) is 18.2 Å². The monoisotopic (exact) mass is 392 g/mol. The highest BCUT2D eigenvalue weighted by atomic mass is 16.5. The van der Waals surface area contributed by atoms with Gasteiger partial charge in [0.15, 0.2) is 0 Å². The molecule has 29 heavy (non-hydrogen) atoms. The number of ether oxygens (including phenoxy) is 2. The van der Waals surface area contributed by atoms with Gasteiger partial charge >= 0.3 is 0 Å². The zero-order valence-electron chi connectivity index (χ0n) is 16.6.